The fourth-order valence-electron chi connectivity index (χ4n) is 2.85. The fraction of sp³-hybridized carbons (Fsp3) is 0.400. The van der Waals surface area contributed by atoms with E-state index in [0.717, 1.165) is 11.1 Å². The van der Waals surface area contributed by atoms with Crippen LogP contribution >= 0.6 is 12.4 Å². The van der Waals surface area contributed by atoms with Crippen molar-refractivity contribution in [2.45, 2.75) is 51.9 Å². The van der Waals surface area contributed by atoms with Crippen LogP contribution in [-0.2, 0) is 0 Å². The van der Waals surface area contributed by atoms with Crippen molar-refractivity contribution in [2.75, 3.05) is 0 Å². The molecule has 0 heterocycles. The van der Waals surface area contributed by atoms with Crippen LogP contribution in [0, 0.1) is 0 Å². The van der Waals surface area contributed by atoms with Crippen LogP contribution in [0.5, 0.6) is 11.5 Å². The Balaban J connectivity index is 0.00000312. The smallest absolute Gasteiger partial charge is 0.115 e. The van der Waals surface area contributed by atoms with Gasteiger partial charge in [0.05, 0.1) is 12.1 Å². The van der Waals surface area contributed by atoms with Crippen molar-refractivity contribution in [3.05, 3.63) is 59.7 Å². The van der Waals surface area contributed by atoms with E-state index in [4.69, 9.17) is 0 Å². The third-order valence-corrected chi connectivity index (χ3v) is 3.86. The van der Waals surface area contributed by atoms with Gasteiger partial charge in [-0.05, 0) is 35.4 Å². The first kappa shape index (κ1) is 21.3. The van der Waals surface area contributed by atoms with Gasteiger partial charge in [0.1, 0.15) is 11.5 Å². The van der Waals surface area contributed by atoms with E-state index in [1.807, 2.05) is 24.3 Å². The van der Waals surface area contributed by atoms with Gasteiger partial charge in [0, 0.05) is 12.1 Å². The molecule has 0 radical (unpaired) electrons. The molecule has 4 N–H and O–H groups in total. The molecule has 138 valence electrons. The van der Waals surface area contributed by atoms with Crippen LogP contribution in [0.25, 0.3) is 0 Å². The van der Waals surface area contributed by atoms with E-state index in [2.05, 4.69) is 38.3 Å². The van der Waals surface area contributed by atoms with Crippen molar-refractivity contribution >= 4 is 12.4 Å². The summed E-state index contributed by atoms with van der Waals surface area (Å²) in [6.07, 6.45) is 0. The second kappa shape index (κ2) is 9.66. The predicted octanol–water partition coefficient (Wildman–Crippen LogP) is 4.30. The Labute approximate surface area is 156 Å². The molecule has 2 aromatic rings. The molecule has 0 fully saturated rings. The molecule has 25 heavy (non-hydrogen) atoms. The molecule has 0 bridgehead atoms. The van der Waals surface area contributed by atoms with E-state index in [0.29, 0.717) is 12.1 Å². The molecule has 0 aliphatic carbocycles. The van der Waals surface area contributed by atoms with Crippen molar-refractivity contribution in [2.24, 2.45) is 0 Å². The third kappa shape index (κ3) is 6.24. The van der Waals surface area contributed by atoms with Crippen LogP contribution in [0.1, 0.15) is 50.9 Å². The summed E-state index contributed by atoms with van der Waals surface area (Å²) >= 11 is 0. The van der Waals surface area contributed by atoms with Crippen molar-refractivity contribution in [1.82, 2.24) is 10.6 Å². The Bertz CT molecular complexity index is 570. The van der Waals surface area contributed by atoms with Gasteiger partial charge in [0.25, 0.3) is 0 Å². The molecular formula is C20H29ClN2O2. The van der Waals surface area contributed by atoms with Gasteiger partial charge in [0.15, 0.2) is 0 Å². The molecule has 2 unspecified atom stereocenters. The van der Waals surface area contributed by atoms with Gasteiger partial charge in [-0.15, -0.1) is 12.4 Å². The van der Waals surface area contributed by atoms with E-state index in [9.17, 15) is 10.2 Å². The topological polar surface area (TPSA) is 64.5 Å². The molecule has 0 spiro atoms. The Hall–Kier alpha value is -1.75. The maximum absolute atomic E-state index is 9.59. The van der Waals surface area contributed by atoms with Crippen molar-refractivity contribution in [3.8, 4) is 11.5 Å². The summed E-state index contributed by atoms with van der Waals surface area (Å²) in [6.45, 7) is 8.49. The Morgan fingerprint density at radius 2 is 0.880 bits per heavy atom. The standard InChI is InChI=1S/C20H28N2O2.ClH/c1-13(2)21-19(15-5-9-17(23)10-6-15)20(22-14(3)4)16-7-11-18(24)12-8-16;/h5-14,19-24H,1-4H3;1H. The molecule has 0 amide bonds. The monoisotopic (exact) mass is 364 g/mol. The lowest BCUT2D eigenvalue weighted by molar-refractivity contribution is 0.341. The van der Waals surface area contributed by atoms with Gasteiger partial charge in [-0.25, -0.2) is 0 Å². The lowest BCUT2D eigenvalue weighted by atomic mass is 9.92. The van der Waals surface area contributed by atoms with Gasteiger partial charge < -0.3 is 20.8 Å². The van der Waals surface area contributed by atoms with E-state index >= 15 is 0 Å². The SMILES string of the molecule is CC(C)NC(c1ccc(O)cc1)C(NC(C)C)c1ccc(O)cc1.Cl. The molecule has 0 saturated carbocycles. The first-order chi connectivity index (χ1) is 11.4. The van der Waals surface area contributed by atoms with Crippen LogP contribution in [-0.4, -0.2) is 22.3 Å². The zero-order chi connectivity index (χ0) is 17.7. The Kier molecular flexibility index (Phi) is 8.23. The van der Waals surface area contributed by atoms with Crippen molar-refractivity contribution in [3.63, 3.8) is 0 Å². The van der Waals surface area contributed by atoms with E-state index < -0.39 is 0 Å². The lowest BCUT2D eigenvalue weighted by Gasteiger charge is -2.33. The lowest BCUT2D eigenvalue weighted by Crippen LogP contribution is -2.40. The summed E-state index contributed by atoms with van der Waals surface area (Å²) in [4.78, 5) is 0. The fourth-order valence-corrected chi connectivity index (χ4v) is 2.85. The van der Waals surface area contributed by atoms with Crippen molar-refractivity contribution < 1.29 is 10.2 Å². The molecular weight excluding hydrogens is 336 g/mol. The quantitative estimate of drug-likeness (QED) is 0.591. The number of hydrogen-bond acceptors (Lipinski definition) is 4. The minimum Gasteiger partial charge on any atom is -0.508 e. The Morgan fingerprint density at radius 1 is 0.600 bits per heavy atom. The number of halogens is 1. The summed E-state index contributed by atoms with van der Waals surface area (Å²) in [5.74, 6) is 0.528. The third-order valence-electron chi connectivity index (χ3n) is 3.86. The van der Waals surface area contributed by atoms with E-state index in [1.54, 1.807) is 24.3 Å². The maximum atomic E-state index is 9.59. The largest absolute Gasteiger partial charge is 0.508 e. The number of aromatic hydroxyl groups is 2. The molecule has 0 aromatic heterocycles. The van der Waals surface area contributed by atoms with Crippen LogP contribution in [0.15, 0.2) is 48.5 Å². The minimum atomic E-state index is 0. The average Bonchev–Trinajstić information content (AvgIpc) is 2.52. The number of phenols is 2. The van der Waals surface area contributed by atoms with Gasteiger partial charge in [-0.3, -0.25) is 0 Å². The van der Waals surface area contributed by atoms with Gasteiger partial charge in [-0.1, -0.05) is 52.0 Å². The summed E-state index contributed by atoms with van der Waals surface area (Å²) in [6, 6.07) is 15.3. The maximum Gasteiger partial charge on any atom is 0.115 e. The molecule has 2 rings (SSSR count). The number of benzene rings is 2. The normalized spacial score (nSPS) is 13.5. The molecule has 0 aliphatic heterocycles. The number of nitrogens with one attached hydrogen (secondary N) is 2. The van der Waals surface area contributed by atoms with Crippen LogP contribution in [0.3, 0.4) is 0 Å². The second-order valence-corrected chi connectivity index (χ2v) is 6.78. The Morgan fingerprint density at radius 3 is 1.12 bits per heavy atom. The van der Waals surface area contributed by atoms with Crippen LogP contribution in [0.2, 0.25) is 0 Å². The van der Waals surface area contributed by atoms with Gasteiger partial charge in [-0.2, -0.15) is 0 Å². The first-order valence-electron chi connectivity index (χ1n) is 8.46. The second-order valence-electron chi connectivity index (χ2n) is 6.78. The number of rotatable bonds is 7. The highest BCUT2D eigenvalue weighted by molar-refractivity contribution is 5.85. The minimum absolute atomic E-state index is 0. The summed E-state index contributed by atoms with van der Waals surface area (Å²) in [5.41, 5.74) is 2.21. The van der Waals surface area contributed by atoms with Crippen LogP contribution in [0.4, 0.5) is 0 Å². The van der Waals surface area contributed by atoms with E-state index in [-0.39, 0.29) is 36.0 Å². The van der Waals surface area contributed by atoms with Crippen LogP contribution < -0.4 is 10.6 Å². The molecule has 0 aliphatic rings. The summed E-state index contributed by atoms with van der Waals surface area (Å²) in [5, 5.41) is 26.4. The zero-order valence-corrected chi connectivity index (χ0v) is 16.0. The molecule has 2 atom stereocenters. The van der Waals surface area contributed by atoms with Gasteiger partial charge in [0.2, 0.25) is 0 Å². The first-order valence-corrected chi connectivity index (χ1v) is 8.46. The molecule has 2 aromatic carbocycles. The molecule has 5 heteroatoms. The summed E-state index contributed by atoms with van der Waals surface area (Å²) < 4.78 is 0. The highest BCUT2D eigenvalue weighted by atomic mass is 35.5. The summed E-state index contributed by atoms with van der Waals surface area (Å²) in [7, 11) is 0. The van der Waals surface area contributed by atoms with Crippen molar-refractivity contribution in [1.29, 1.82) is 0 Å². The zero-order valence-electron chi connectivity index (χ0n) is 15.2. The molecule has 4 nitrogen and oxygen atoms in total. The van der Waals surface area contributed by atoms with E-state index in [1.165, 1.54) is 0 Å². The highest BCUT2D eigenvalue weighted by Gasteiger charge is 2.26. The molecule has 0 saturated heterocycles. The average molecular weight is 365 g/mol. The highest BCUT2D eigenvalue weighted by Crippen LogP contribution is 2.31. The van der Waals surface area contributed by atoms with Gasteiger partial charge >= 0.3 is 0 Å². The predicted molar refractivity (Wildman–Crippen MR) is 105 cm³/mol. The number of hydrogen-bond donors (Lipinski definition) is 4. The number of phenolic OH excluding ortho intramolecular Hbond substituents is 2.